The third-order valence-electron chi connectivity index (χ3n) is 8.44. The van der Waals surface area contributed by atoms with Crippen LogP contribution in [-0.4, -0.2) is 116 Å². The lowest BCUT2D eigenvalue weighted by Gasteiger charge is -2.41. The fraction of sp³-hybridized carbons (Fsp3) is 0.657. The molecule has 3 aliphatic rings. The molecule has 3 heterocycles. The molecule has 3 aliphatic heterocycles. The van der Waals surface area contributed by atoms with Crippen LogP contribution in [0.5, 0.6) is 0 Å². The summed E-state index contributed by atoms with van der Waals surface area (Å²) in [5.41, 5.74) is 5.89. The Labute approximate surface area is 265 Å². The van der Waals surface area contributed by atoms with Crippen molar-refractivity contribution in [3.8, 4) is 0 Å². The van der Waals surface area contributed by atoms with E-state index < -0.39 is 5.60 Å². The van der Waals surface area contributed by atoms with Crippen molar-refractivity contribution in [2.45, 2.75) is 73.0 Å². The van der Waals surface area contributed by atoms with Crippen molar-refractivity contribution in [2.75, 3.05) is 78.7 Å². The van der Waals surface area contributed by atoms with Crippen LogP contribution in [0.1, 0.15) is 66.4 Å². The summed E-state index contributed by atoms with van der Waals surface area (Å²) in [6.07, 6.45) is 2.64. The summed E-state index contributed by atoms with van der Waals surface area (Å²) < 4.78 is 17.3. The van der Waals surface area contributed by atoms with E-state index in [0.717, 1.165) is 96.4 Å². The smallest absolute Gasteiger partial charge is 0.410 e. The molecular weight excluding hydrogens is 554 g/mol. The van der Waals surface area contributed by atoms with Gasteiger partial charge in [0.1, 0.15) is 5.60 Å². The van der Waals surface area contributed by atoms with Gasteiger partial charge in [0, 0.05) is 78.1 Å². The molecule has 0 radical (unpaired) electrons. The number of nitrogens with zero attached hydrogens (tertiary/aromatic N) is 5. The van der Waals surface area contributed by atoms with E-state index in [1.165, 1.54) is 22.4 Å². The Morgan fingerprint density at radius 2 is 1.61 bits per heavy atom. The van der Waals surface area contributed by atoms with Crippen LogP contribution in [0.15, 0.2) is 57.9 Å². The Morgan fingerprint density at radius 3 is 2.27 bits per heavy atom. The van der Waals surface area contributed by atoms with Crippen LogP contribution < -0.4 is 0 Å². The number of aliphatic imine (C=N–C) groups is 1. The van der Waals surface area contributed by atoms with E-state index >= 15 is 0 Å². The number of piperazine rings is 1. The second kappa shape index (κ2) is 16.4. The topological polar surface area (TPSA) is 70.1 Å². The van der Waals surface area contributed by atoms with Crippen LogP contribution in [0.4, 0.5) is 4.79 Å². The maximum absolute atomic E-state index is 12.8. The van der Waals surface area contributed by atoms with Crippen LogP contribution in [0.2, 0.25) is 0 Å². The first-order valence-electron chi connectivity index (χ1n) is 16.5. The average molecular weight is 610 g/mol. The van der Waals surface area contributed by atoms with E-state index in [0.29, 0.717) is 19.7 Å². The molecule has 4 rings (SSSR count). The normalized spacial score (nSPS) is 20.1. The Balaban J connectivity index is 1.51. The molecule has 0 aromatic heterocycles. The van der Waals surface area contributed by atoms with Crippen LogP contribution in [0.25, 0.3) is 0 Å². The molecule has 0 saturated carbocycles. The van der Waals surface area contributed by atoms with Gasteiger partial charge in [-0.05, 0) is 63.7 Å². The summed E-state index contributed by atoms with van der Waals surface area (Å²) in [4.78, 5) is 27.2. The first-order valence-corrected chi connectivity index (χ1v) is 16.5. The lowest BCUT2D eigenvalue weighted by Crippen LogP contribution is -2.50. The van der Waals surface area contributed by atoms with Crippen molar-refractivity contribution < 1.29 is 19.0 Å². The molecule has 0 aliphatic carbocycles. The standard InChI is InChI=1S/C35H55N5O4/c1-7-28(2)33(39-17-19-40(20-18-39)34(41)44-35(4,5)6)31-14-16-38(26-30-12-9-8-10-13-30)27-32(31)36-29(3)43-23-11-15-37-21-24-42-25-22-37/h8-10,12-13H,7,11,14-27H2,1-6H3/b33-28+,36-29?. The highest BCUT2D eigenvalue weighted by Gasteiger charge is 2.30. The second-order valence-electron chi connectivity index (χ2n) is 13.1. The molecule has 1 amide bonds. The van der Waals surface area contributed by atoms with Crippen LogP contribution >= 0.6 is 0 Å². The second-order valence-corrected chi connectivity index (χ2v) is 13.1. The van der Waals surface area contributed by atoms with Gasteiger partial charge >= 0.3 is 6.09 Å². The van der Waals surface area contributed by atoms with E-state index in [1.54, 1.807) is 0 Å². The van der Waals surface area contributed by atoms with Crippen molar-refractivity contribution in [3.63, 3.8) is 0 Å². The Hall–Kier alpha value is -2.88. The number of allylic oxidation sites excluding steroid dienone is 2. The number of hydrogen-bond donors (Lipinski definition) is 0. The zero-order valence-corrected chi connectivity index (χ0v) is 28.1. The first kappa shape index (κ1) is 34.0. The van der Waals surface area contributed by atoms with Crippen molar-refractivity contribution >= 4 is 12.0 Å². The minimum absolute atomic E-state index is 0.227. The minimum atomic E-state index is -0.494. The lowest BCUT2D eigenvalue weighted by molar-refractivity contribution is 0.0169. The number of carbonyl (C=O) groups is 1. The third-order valence-corrected chi connectivity index (χ3v) is 8.44. The van der Waals surface area contributed by atoms with E-state index in [-0.39, 0.29) is 6.09 Å². The van der Waals surface area contributed by atoms with Crippen LogP contribution in [0.3, 0.4) is 0 Å². The largest absolute Gasteiger partial charge is 0.481 e. The van der Waals surface area contributed by atoms with Gasteiger partial charge in [-0.1, -0.05) is 37.3 Å². The summed E-state index contributed by atoms with van der Waals surface area (Å²) in [6.45, 7) is 23.0. The highest BCUT2D eigenvalue weighted by molar-refractivity contribution is 5.74. The molecule has 1 aromatic carbocycles. The van der Waals surface area contributed by atoms with Gasteiger partial charge in [-0.15, -0.1) is 0 Å². The zero-order chi connectivity index (χ0) is 31.5. The van der Waals surface area contributed by atoms with Crippen molar-refractivity contribution in [1.29, 1.82) is 0 Å². The molecule has 0 N–H and O–H groups in total. The number of benzene rings is 1. The van der Waals surface area contributed by atoms with Gasteiger partial charge in [-0.3, -0.25) is 9.80 Å². The fourth-order valence-electron chi connectivity index (χ4n) is 6.02. The lowest BCUT2D eigenvalue weighted by atomic mass is 9.95. The summed E-state index contributed by atoms with van der Waals surface area (Å²) >= 11 is 0. The van der Waals surface area contributed by atoms with Crippen molar-refractivity contribution in [3.05, 3.63) is 58.4 Å². The van der Waals surface area contributed by atoms with E-state index in [4.69, 9.17) is 19.2 Å². The number of rotatable bonds is 10. The van der Waals surface area contributed by atoms with Gasteiger partial charge in [0.25, 0.3) is 0 Å². The Morgan fingerprint density at radius 1 is 0.932 bits per heavy atom. The van der Waals surface area contributed by atoms with Crippen LogP contribution in [0, 0.1) is 0 Å². The zero-order valence-electron chi connectivity index (χ0n) is 28.1. The molecule has 44 heavy (non-hydrogen) atoms. The minimum Gasteiger partial charge on any atom is -0.481 e. The predicted molar refractivity (Wildman–Crippen MR) is 177 cm³/mol. The van der Waals surface area contributed by atoms with E-state index in [9.17, 15) is 4.79 Å². The first-order chi connectivity index (χ1) is 21.1. The highest BCUT2D eigenvalue weighted by Crippen LogP contribution is 2.32. The molecule has 9 heteroatoms. The van der Waals surface area contributed by atoms with E-state index in [2.05, 4.69) is 58.9 Å². The monoisotopic (exact) mass is 609 g/mol. The predicted octanol–water partition coefficient (Wildman–Crippen LogP) is 5.54. The number of morpholine rings is 1. The quantitative estimate of drug-likeness (QED) is 0.196. The maximum atomic E-state index is 12.8. The molecule has 9 nitrogen and oxygen atoms in total. The number of ether oxygens (including phenoxy) is 3. The van der Waals surface area contributed by atoms with Gasteiger partial charge in [-0.2, -0.15) is 0 Å². The molecule has 244 valence electrons. The summed E-state index contributed by atoms with van der Waals surface area (Å²) in [5, 5.41) is 0. The number of hydrogen-bond acceptors (Lipinski definition) is 8. The molecular formula is C35H55N5O4. The molecule has 0 atom stereocenters. The fourth-order valence-corrected chi connectivity index (χ4v) is 6.02. The molecule has 2 fully saturated rings. The van der Waals surface area contributed by atoms with Gasteiger partial charge in [0.15, 0.2) is 5.90 Å². The van der Waals surface area contributed by atoms with Gasteiger partial charge in [0.05, 0.1) is 25.5 Å². The summed E-state index contributed by atoms with van der Waals surface area (Å²) in [7, 11) is 0. The SMILES string of the molecule is CC/C(C)=C(\C1=C(N=C(C)OCCCN2CCOCC2)CN(Cc2ccccc2)CC1)N1CCN(C(=O)OC(C)(C)C)CC1. The summed E-state index contributed by atoms with van der Waals surface area (Å²) in [6, 6.07) is 10.7. The summed E-state index contributed by atoms with van der Waals surface area (Å²) in [5.74, 6) is 0.726. The Kier molecular flexibility index (Phi) is 12.7. The molecule has 0 bridgehead atoms. The molecule has 0 unspecified atom stereocenters. The highest BCUT2D eigenvalue weighted by atomic mass is 16.6. The molecule has 0 spiro atoms. The van der Waals surface area contributed by atoms with Gasteiger partial charge in [0.2, 0.25) is 0 Å². The van der Waals surface area contributed by atoms with Gasteiger partial charge in [-0.25, -0.2) is 9.79 Å². The number of amides is 1. The average Bonchev–Trinajstić information content (AvgIpc) is 3.01. The maximum Gasteiger partial charge on any atom is 0.410 e. The Bertz CT molecular complexity index is 1160. The van der Waals surface area contributed by atoms with Crippen molar-refractivity contribution in [2.24, 2.45) is 4.99 Å². The molecule has 2 saturated heterocycles. The van der Waals surface area contributed by atoms with Crippen molar-refractivity contribution in [1.82, 2.24) is 19.6 Å². The number of carbonyl (C=O) groups excluding carboxylic acids is 1. The van der Waals surface area contributed by atoms with Gasteiger partial charge < -0.3 is 24.0 Å². The van der Waals surface area contributed by atoms with Crippen LogP contribution in [-0.2, 0) is 20.8 Å². The van der Waals surface area contributed by atoms with E-state index in [1.807, 2.05) is 32.6 Å². The molecule has 1 aromatic rings. The third kappa shape index (κ3) is 10.3.